The minimum absolute atomic E-state index is 0.0351. The van der Waals surface area contributed by atoms with Gasteiger partial charge in [-0.3, -0.25) is 14.5 Å². The molecule has 0 bridgehead atoms. The molecule has 0 radical (unpaired) electrons. The van der Waals surface area contributed by atoms with E-state index in [9.17, 15) is 19.2 Å². The SMILES string of the molecule is COCCCOc1cc(CC(CC2C(CC(C(=O)NCC(C)(C)C(N)=O)C(C)C)OCN2C(=O)OCOC(=O)OCC2COCOC2)C(C)C)ccc1OC. The van der Waals surface area contributed by atoms with Gasteiger partial charge in [0.15, 0.2) is 11.5 Å². The highest BCUT2D eigenvalue weighted by atomic mass is 16.8. The summed E-state index contributed by atoms with van der Waals surface area (Å²) in [7, 11) is 3.25. The van der Waals surface area contributed by atoms with E-state index >= 15 is 0 Å². The van der Waals surface area contributed by atoms with Crippen LogP contribution in [0.4, 0.5) is 9.59 Å². The summed E-state index contributed by atoms with van der Waals surface area (Å²) in [6.45, 7) is 12.9. The van der Waals surface area contributed by atoms with Crippen LogP contribution in [-0.2, 0) is 49.2 Å². The molecule has 2 heterocycles. The zero-order chi connectivity index (χ0) is 40.5. The Labute approximate surface area is 325 Å². The van der Waals surface area contributed by atoms with Crippen molar-refractivity contribution in [2.24, 2.45) is 40.7 Å². The molecule has 0 spiro atoms. The first-order chi connectivity index (χ1) is 26.2. The summed E-state index contributed by atoms with van der Waals surface area (Å²) in [5.41, 5.74) is 5.64. The van der Waals surface area contributed by atoms with Crippen LogP contribution in [0.2, 0.25) is 0 Å². The standard InChI is InChI=1S/C39H63N3O13/c1-25(2)29(14-27-10-11-32(48-8)34(15-27)51-13-9-12-47-7)16-31-33(17-30(26(3)4)35(43)41-21-39(5,6)36(40)44)53-22-42(31)37(45)54-24-55-38(46)52-20-28-18-49-23-50-19-28/h10-11,15,25-26,28-31,33H,9,12-14,16-24H2,1-8H3,(H2,40,44)(H,41,43). The van der Waals surface area contributed by atoms with Crippen molar-refractivity contribution in [1.29, 1.82) is 0 Å². The minimum atomic E-state index is -0.989. The van der Waals surface area contributed by atoms with Gasteiger partial charge in [-0.15, -0.1) is 0 Å². The molecule has 312 valence electrons. The molecule has 4 unspecified atom stereocenters. The maximum Gasteiger partial charge on any atom is 0.511 e. The average Bonchev–Trinajstić information content (AvgIpc) is 3.55. The molecule has 0 aliphatic carbocycles. The van der Waals surface area contributed by atoms with Gasteiger partial charge in [-0.25, -0.2) is 9.59 Å². The van der Waals surface area contributed by atoms with Gasteiger partial charge >= 0.3 is 12.2 Å². The average molecular weight is 782 g/mol. The van der Waals surface area contributed by atoms with Gasteiger partial charge < -0.3 is 53.7 Å². The van der Waals surface area contributed by atoms with E-state index in [1.54, 1.807) is 28.1 Å². The van der Waals surface area contributed by atoms with Crippen LogP contribution in [0, 0.1) is 35.0 Å². The molecular weight excluding hydrogens is 718 g/mol. The van der Waals surface area contributed by atoms with Crippen LogP contribution in [0.25, 0.3) is 0 Å². The summed E-state index contributed by atoms with van der Waals surface area (Å²) in [4.78, 5) is 52.8. The third-order valence-electron chi connectivity index (χ3n) is 10.1. The predicted molar refractivity (Wildman–Crippen MR) is 200 cm³/mol. The molecule has 0 saturated carbocycles. The number of rotatable bonds is 22. The Morgan fingerprint density at radius 1 is 0.964 bits per heavy atom. The topological polar surface area (TPSA) is 193 Å². The molecule has 16 heteroatoms. The second-order valence-corrected chi connectivity index (χ2v) is 15.5. The number of primary amides is 1. The van der Waals surface area contributed by atoms with Gasteiger partial charge in [0.1, 0.15) is 20.1 Å². The van der Waals surface area contributed by atoms with Crippen molar-refractivity contribution in [3.63, 3.8) is 0 Å². The Morgan fingerprint density at radius 3 is 2.33 bits per heavy atom. The first-order valence-corrected chi connectivity index (χ1v) is 19.0. The summed E-state index contributed by atoms with van der Waals surface area (Å²) in [6, 6.07) is 5.38. The minimum Gasteiger partial charge on any atom is -0.493 e. The van der Waals surface area contributed by atoms with Gasteiger partial charge in [0.05, 0.1) is 44.5 Å². The number of nitrogens with one attached hydrogen (secondary N) is 1. The van der Waals surface area contributed by atoms with E-state index in [1.165, 1.54) is 4.90 Å². The second-order valence-electron chi connectivity index (χ2n) is 15.5. The number of ether oxygens (including phenoxy) is 9. The van der Waals surface area contributed by atoms with Gasteiger partial charge in [-0.2, -0.15) is 0 Å². The molecule has 2 aliphatic heterocycles. The summed E-state index contributed by atoms with van der Waals surface area (Å²) < 4.78 is 48.9. The lowest BCUT2D eigenvalue weighted by atomic mass is 9.80. The first-order valence-electron chi connectivity index (χ1n) is 19.0. The number of methoxy groups -OCH3 is 2. The fraction of sp³-hybridized carbons (Fsp3) is 0.744. The summed E-state index contributed by atoms with van der Waals surface area (Å²) >= 11 is 0. The van der Waals surface area contributed by atoms with Crippen LogP contribution in [0.1, 0.15) is 66.4 Å². The van der Waals surface area contributed by atoms with Crippen molar-refractivity contribution in [1.82, 2.24) is 10.2 Å². The predicted octanol–water partition coefficient (Wildman–Crippen LogP) is 4.50. The third-order valence-corrected chi connectivity index (χ3v) is 10.1. The van der Waals surface area contributed by atoms with Gasteiger partial charge in [0.2, 0.25) is 18.6 Å². The van der Waals surface area contributed by atoms with Crippen molar-refractivity contribution in [3.8, 4) is 11.5 Å². The summed E-state index contributed by atoms with van der Waals surface area (Å²) in [5.74, 6) is 0.0403. The van der Waals surface area contributed by atoms with E-state index in [0.29, 0.717) is 57.2 Å². The lowest BCUT2D eigenvalue weighted by Gasteiger charge is -2.33. The lowest BCUT2D eigenvalue weighted by molar-refractivity contribution is -0.136. The monoisotopic (exact) mass is 781 g/mol. The van der Waals surface area contributed by atoms with Crippen molar-refractivity contribution in [2.75, 3.05) is 74.1 Å². The molecule has 1 aromatic rings. The maximum atomic E-state index is 13.6. The Kier molecular flexibility index (Phi) is 18.7. The van der Waals surface area contributed by atoms with Gasteiger partial charge in [-0.1, -0.05) is 33.8 Å². The van der Waals surface area contributed by atoms with Crippen molar-refractivity contribution in [2.45, 2.75) is 79.4 Å². The number of carbonyl (C=O) groups is 4. The van der Waals surface area contributed by atoms with Gasteiger partial charge in [-0.05, 0) is 68.6 Å². The molecule has 4 atom stereocenters. The number of amides is 3. The third kappa shape index (κ3) is 14.6. The highest BCUT2D eigenvalue weighted by Gasteiger charge is 2.43. The summed E-state index contributed by atoms with van der Waals surface area (Å²) in [5, 5.41) is 2.90. The van der Waals surface area contributed by atoms with E-state index in [0.717, 1.165) is 12.0 Å². The number of nitrogens with zero attached hydrogens (tertiary/aromatic N) is 1. The molecule has 2 fully saturated rings. The van der Waals surface area contributed by atoms with Crippen molar-refractivity contribution in [3.05, 3.63) is 23.8 Å². The van der Waals surface area contributed by atoms with Crippen LogP contribution in [0.15, 0.2) is 18.2 Å². The Balaban J connectivity index is 1.78. The first kappa shape index (κ1) is 45.5. The number of carbonyl (C=O) groups excluding carboxylic acids is 4. The Morgan fingerprint density at radius 2 is 1.69 bits per heavy atom. The molecule has 2 aliphatic rings. The van der Waals surface area contributed by atoms with Crippen LogP contribution in [-0.4, -0.2) is 115 Å². The van der Waals surface area contributed by atoms with E-state index in [-0.39, 0.29) is 56.3 Å². The number of hydrogen-bond donors (Lipinski definition) is 2. The van der Waals surface area contributed by atoms with E-state index in [2.05, 4.69) is 19.2 Å². The number of hydrogen-bond acceptors (Lipinski definition) is 13. The fourth-order valence-electron chi connectivity index (χ4n) is 6.36. The maximum absolute atomic E-state index is 13.6. The van der Waals surface area contributed by atoms with Crippen molar-refractivity contribution >= 4 is 24.1 Å². The van der Waals surface area contributed by atoms with Crippen LogP contribution >= 0.6 is 0 Å². The number of nitrogens with two attached hydrogens (primary N) is 1. The van der Waals surface area contributed by atoms with E-state index in [4.69, 9.17) is 48.4 Å². The molecule has 0 aromatic heterocycles. The molecule has 3 rings (SSSR count). The largest absolute Gasteiger partial charge is 0.511 e. The summed E-state index contributed by atoms with van der Waals surface area (Å²) in [6.07, 6.45) is -0.0488. The second kappa shape index (κ2) is 22.6. The molecule has 16 nitrogen and oxygen atoms in total. The molecule has 55 heavy (non-hydrogen) atoms. The molecule has 3 N–H and O–H groups in total. The normalized spacial score (nSPS) is 18.8. The molecule has 3 amide bonds. The smallest absolute Gasteiger partial charge is 0.493 e. The van der Waals surface area contributed by atoms with Crippen LogP contribution in [0.5, 0.6) is 11.5 Å². The Hall–Kier alpha value is -3.86. The fourth-order valence-corrected chi connectivity index (χ4v) is 6.36. The Bertz CT molecular complexity index is 1370. The molecule has 1 aromatic carbocycles. The van der Waals surface area contributed by atoms with Gasteiger partial charge in [0.25, 0.3) is 0 Å². The quantitative estimate of drug-likeness (QED) is 0.0951. The van der Waals surface area contributed by atoms with Crippen LogP contribution < -0.4 is 20.5 Å². The van der Waals surface area contributed by atoms with Gasteiger partial charge in [0, 0.05) is 38.5 Å². The molecule has 2 saturated heterocycles. The highest BCUT2D eigenvalue weighted by molar-refractivity contribution is 5.83. The van der Waals surface area contributed by atoms with Crippen LogP contribution in [0.3, 0.4) is 0 Å². The van der Waals surface area contributed by atoms with Crippen molar-refractivity contribution < 1.29 is 61.8 Å². The van der Waals surface area contributed by atoms with E-state index < -0.39 is 48.4 Å². The zero-order valence-corrected chi connectivity index (χ0v) is 33.8. The van der Waals surface area contributed by atoms with E-state index in [1.807, 2.05) is 32.0 Å². The lowest BCUT2D eigenvalue weighted by Crippen LogP contribution is -2.47. The number of benzene rings is 1. The zero-order valence-electron chi connectivity index (χ0n) is 33.8. The highest BCUT2D eigenvalue weighted by Crippen LogP contribution is 2.36. The molecular formula is C39H63N3O13.